The molecule has 5 rings (SSSR count). The zero-order chi connectivity index (χ0) is 20.7. The zero-order valence-electron chi connectivity index (χ0n) is 17.0. The van der Waals surface area contributed by atoms with Gasteiger partial charge in [0.05, 0.1) is 16.8 Å². The second-order valence-corrected chi connectivity index (χ2v) is 10.3. The SMILES string of the molecule is CC(NC(=O)CSc1nc2sc3c(c2c(=O)n1-c1ccccc1)CCCC3)C1CC1. The minimum absolute atomic E-state index is 0.00108. The Morgan fingerprint density at radius 2 is 2.03 bits per heavy atom. The number of nitrogens with one attached hydrogen (secondary N) is 1. The maximum Gasteiger partial charge on any atom is 0.267 e. The molecule has 7 heteroatoms. The van der Waals surface area contributed by atoms with Gasteiger partial charge in [0.15, 0.2) is 5.16 Å². The van der Waals surface area contributed by atoms with E-state index >= 15 is 0 Å². The van der Waals surface area contributed by atoms with Gasteiger partial charge in [0, 0.05) is 10.9 Å². The summed E-state index contributed by atoms with van der Waals surface area (Å²) in [6, 6.07) is 9.85. The van der Waals surface area contributed by atoms with E-state index in [1.54, 1.807) is 15.9 Å². The van der Waals surface area contributed by atoms with Crippen LogP contribution in [0, 0.1) is 5.92 Å². The number of fused-ring (bicyclic) bond motifs is 3. The third-order valence-electron chi connectivity index (χ3n) is 6.02. The molecular weight excluding hydrogens is 414 g/mol. The molecular formula is C23H25N3O2S2. The lowest BCUT2D eigenvalue weighted by Crippen LogP contribution is -2.35. The lowest BCUT2D eigenvalue weighted by atomic mass is 9.97. The van der Waals surface area contributed by atoms with E-state index < -0.39 is 0 Å². The Morgan fingerprint density at radius 3 is 2.80 bits per heavy atom. The summed E-state index contributed by atoms with van der Waals surface area (Å²) in [5.74, 6) is 0.875. The average molecular weight is 440 g/mol. The molecule has 1 unspecified atom stereocenters. The lowest BCUT2D eigenvalue weighted by Gasteiger charge is -2.15. The van der Waals surface area contributed by atoms with Crippen LogP contribution in [-0.2, 0) is 17.6 Å². The molecule has 0 aliphatic heterocycles. The van der Waals surface area contributed by atoms with Gasteiger partial charge in [-0.25, -0.2) is 4.98 Å². The highest BCUT2D eigenvalue weighted by Crippen LogP contribution is 2.35. The minimum atomic E-state index is -0.0140. The highest BCUT2D eigenvalue weighted by atomic mass is 32.2. The maximum atomic E-state index is 13.6. The number of para-hydroxylation sites is 1. The van der Waals surface area contributed by atoms with Crippen LogP contribution >= 0.6 is 23.1 Å². The molecule has 2 aromatic heterocycles. The summed E-state index contributed by atoms with van der Waals surface area (Å²) in [4.78, 5) is 33.1. The quantitative estimate of drug-likeness (QED) is 0.459. The number of aromatic nitrogens is 2. The minimum Gasteiger partial charge on any atom is -0.353 e. The van der Waals surface area contributed by atoms with Crippen LogP contribution in [0.2, 0.25) is 0 Å². The molecule has 1 N–H and O–H groups in total. The van der Waals surface area contributed by atoms with Crippen LogP contribution in [0.5, 0.6) is 0 Å². The molecule has 30 heavy (non-hydrogen) atoms. The number of carbonyl (C=O) groups excluding carboxylic acids is 1. The van der Waals surface area contributed by atoms with E-state index in [9.17, 15) is 9.59 Å². The normalized spacial score (nSPS) is 17.0. The van der Waals surface area contributed by atoms with E-state index in [1.807, 2.05) is 30.3 Å². The Bertz CT molecular complexity index is 1150. The fraction of sp³-hybridized carbons (Fsp3) is 0.435. The van der Waals surface area contributed by atoms with E-state index in [4.69, 9.17) is 4.98 Å². The number of thioether (sulfide) groups is 1. The molecule has 3 aromatic rings. The number of carbonyl (C=O) groups is 1. The van der Waals surface area contributed by atoms with Crippen molar-refractivity contribution in [3.63, 3.8) is 0 Å². The fourth-order valence-electron chi connectivity index (χ4n) is 4.23. The van der Waals surface area contributed by atoms with Crippen molar-refractivity contribution in [1.82, 2.24) is 14.9 Å². The second-order valence-electron chi connectivity index (χ2n) is 8.24. The summed E-state index contributed by atoms with van der Waals surface area (Å²) in [6.45, 7) is 2.07. The number of amides is 1. The molecule has 1 atom stereocenters. The molecule has 156 valence electrons. The number of hydrogen-bond acceptors (Lipinski definition) is 5. The number of thiophene rings is 1. The van der Waals surface area contributed by atoms with E-state index in [0.717, 1.165) is 35.2 Å². The topological polar surface area (TPSA) is 64.0 Å². The molecule has 2 aliphatic rings. The Morgan fingerprint density at radius 1 is 1.27 bits per heavy atom. The van der Waals surface area contributed by atoms with Crippen molar-refractivity contribution < 1.29 is 4.79 Å². The predicted octanol–water partition coefficient (Wildman–Crippen LogP) is 4.33. The van der Waals surface area contributed by atoms with E-state index in [-0.39, 0.29) is 23.3 Å². The number of benzene rings is 1. The highest BCUT2D eigenvalue weighted by Gasteiger charge is 2.29. The first-order valence-electron chi connectivity index (χ1n) is 10.7. The molecule has 0 radical (unpaired) electrons. The highest BCUT2D eigenvalue weighted by molar-refractivity contribution is 7.99. The van der Waals surface area contributed by atoms with Gasteiger partial charge in [-0.15, -0.1) is 11.3 Å². The standard InChI is InChI=1S/C23H25N3O2S2/c1-14(15-11-12-15)24-19(27)13-29-23-25-21-20(17-9-5-6-10-18(17)30-21)22(28)26(23)16-7-3-2-4-8-16/h2-4,7-8,14-15H,5-6,9-13H2,1H3,(H,24,27). The Balaban J connectivity index is 1.52. The third kappa shape index (κ3) is 3.81. The van der Waals surface area contributed by atoms with E-state index in [2.05, 4.69) is 12.2 Å². The molecule has 0 spiro atoms. The van der Waals surface area contributed by atoms with Crippen LogP contribution in [0.25, 0.3) is 15.9 Å². The molecule has 5 nitrogen and oxygen atoms in total. The predicted molar refractivity (Wildman–Crippen MR) is 123 cm³/mol. The summed E-state index contributed by atoms with van der Waals surface area (Å²) in [5.41, 5.74) is 1.97. The summed E-state index contributed by atoms with van der Waals surface area (Å²) >= 11 is 3.00. The lowest BCUT2D eigenvalue weighted by molar-refractivity contribution is -0.119. The number of aryl methyl sites for hydroxylation is 2. The summed E-state index contributed by atoms with van der Waals surface area (Å²) in [5, 5.41) is 4.45. The van der Waals surface area contributed by atoms with Crippen LogP contribution in [0.3, 0.4) is 0 Å². The third-order valence-corrected chi connectivity index (χ3v) is 8.15. The monoisotopic (exact) mass is 439 g/mol. The second kappa shape index (κ2) is 8.19. The maximum absolute atomic E-state index is 13.6. The number of hydrogen-bond donors (Lipinski definition) is 1. The van der Waals surface area contributed by atoms with E-state index in [0.29, 0.717) is 11.1 Å². The van der Waals surface area contributed by atoms with Gasteiger partial charge in [-0.05, 0) is 69.1 Å². The molecule has 2 aliphatic carbocycles. The molecule has 1 saturated carbocycles. The van der Waals surface area contributed by atoms with Gasteiger partial charge in [-0.3, -0.25) is 14.2 Å². The van der Waals surface area contributed by atoms with Crippen LogP contribution in [0.1, 0.15) is 43.0 Å². The fourth-order valence-corrected chi connectivity index (χ4v) is 6.35. The molecule has 1 fully saturated rings. The van der Waals surface area contributed by atoms with Gasteiger partial charge < -0.3 is 5.32 Å². The molecule has 0 saturated heterocycles. The van der Waals surface area contributed by atoms with Crippen molar-refractivity contribution >= 4 is 39.2 Å². The van der Waals surface area contributed by atoms with Crippen molar-refractivity contribution in [2.75, 3.05) is 5.75 Å². The molecule has 1 amide bonds. The van der Waals surface area contributed by atoms with Gasteiger partial charge in [0.1, 0.15) is 4.83 Å². The summed E-state index contributed by atoms with van der Waals surface area (Å²) in [6.07, 6.45) is 6.68. The number of nitrogens with zero attached hydrogens (tertiary/aromatic N) is 2. The van der Waals surface area contributed by atoms with Gasteiger partial charge in [0.25, 0.3) is 5.56 Å². The van der Waals surface area contributed by atoms with Crippen LogP contribution < -0.4 is 10.9 Å². The summed E-state index contributed by atoms with van der Waals surface area (Å²) in [7, 11) is 0. The van der Waals surface area contributed by atoms with Crippen molar-refractivity contribution in [2.24, 2.45) is 5.92 Å². The summed E-state index contributed by atoms with van der Waals surface area (Å²) < 4.78 is 1.69. The van der Waals surface area contributed by atoms with Crippen LogP contribution in [-0.4, -0.2) is 27.3 Å². The van der Waals surface area contributed by atoms with Crippen molar-refractivity contribution in [2.45, 2.75) is 56.6 Å². The van der Waals surface area contributed by atoms with Gasteiger partial charge in [-0.1, -0.05) is 30.0 Å². The van der Waals surface area contributed by atoms with Crippen molar-refractivity contribution in [3.05, 3.63) is 51.1 Å². The molecule has 1 aromatic carbocycles. The molecule has 0 bridgehead atoms. The first-order chi connectivity index (χ1) is 14.6. The largest absolute Gasteiger partial charge is 0.353 e. The smallest absolute Gasteiger partial charge is 0.267 e. The first-order valence-corrected chi connectivity index (χ1v) is 12.5. The Hall–Kier alpha value is -2.12. The van der Waals surface area contributed by atoms with Crippen LogP contribution in [0.4, 0.5) is 0 Å². The number of rotatable bonds is 6. The first kappa shape index (κ1) is 19.8. The Labute approximate surface area is 183 Å². The van der Waals surface area contributed by atoms with Crippen molar-refractivity contribution in [1.29, 1.82) is 0 Å². The average Bonchev–Trinajstić information content (AvgIpc) is 3.53. The van der Waals surface area contributed by atoms with Crippen LogP contribution in [0.15, 0.2) is 40.3 Å². The molecule has 2 heterocycles. The van der Waals surface area contributed by atoms with Gasteiger partial charge in [-0.2, -0.15) is 0 Å². The van der Waals surface area contributed by atoms with Gasteiger partial charge >= 0.3 is 0 Å². The van der Waals surface area contributed by atoms with Gasteiger partial charge in [0.2, 0.25) is 5.91 Å². The zero-order valence-corrected chi connectivity index (χ0v) is 18.7. The van der Waals surface area contributed by atoms with E-state index in [1.165, 1.54) is 41.5 Å². The Kier molecular flexibility index (Phi) is 5.41. The van der Waals surface area contributed by atoms with Crippen molar-refractivity contribution in [3.8, 4) is 5.69 Å².